The van der Waals surface area contributed by atoms with Crippen LogP contribution >= 0.6 is 0 Å². The van der Waals surface area contributed by atoms with Crippen LogP contribution in [0.5, 0.6) is 0 Å². The van der Waals surface area contributed by atoms with E-state index in [4.69, 9.17) is 11.1 Å². The molecule has 7 heteroatoms. The largest absolute Gasteiger partial charge is 0.384 e. The van der Waals surface area contributed by atoms with Crippen molar-refractivity contribution in [2.24, 2.45) is 5.73 Å². The summed E-state index contributed by atoms with van der Waals surface area (Å²) in [6.07, 6.45) is 3.90. The maximum Gasteiger partial charge on any atom is 0.178 e. The summed E-state index contributed by atoms with van der Waals surface area (Å²) in [5.74, 6) is 0.00124. The fourth-order valence-electron chi connectivity index (χ4n) is 1.73. The van der Waals surface area contributed by atoms with Gasteiger partial charge < -0.3 is 5.73 Å². The number of rotatable bonds is 3. The van der Waals surface area contributed by atoms with Crippen LogP contribution in [0.15, 0.2) is 35.5 Å². The van der Waals surface area contributed by atoms with E-state index in [1.807, 2.05) is 6.92 Å². The second-order valence-corrected chi connectivity index (χ2v) is 6.32. The molecule has 2 rings (SSSR count). The van der Waals surface area contributed by atoms with Crippen LogP contribution in [0, 0.1) is 12.3 Å². The highest BCUT2D eigenvalue weighted by Gasteiger charge is 2.11. The van der Waals surface area contributed by atoms with E-state index in [0.717, 1.165) is 17.5 Å². The summed E-state index contributed by atoms with van der Waals surface area (Å²) in [7, 11) is -3.26. The summed E-state index contributed by atoms with van der Waals surface area (Å²) < 4.78 is 24.3. The van der Waals surface area contributed by atoms with Gasteiger partial charge in [0.25, 0.3) is 0 Å². The van der Waals surface area contributed by atoms with E-state index < -0.39 is 9.84 Å². The van der Waals surface area contributed by atoms with Gasteiger partial charge in [0, 0.05) is 18.0 Å². The lowest BCUT2D eigenvalue weighted by atomic mass is 10.1. The van der Waals surface area contributed by atoms with Crippen molar-refractivity contribution >= 4 is 15.7 Å². The van der Waals surface area contributed by atoms with Gasteiger partial charge in [-0.25, -0.2) is 13.1 Å². The molecule has 0 spiro atoms. The maximum atomic E-state index is 11.4. The number of benzene rings is 1. The Bertz CT molecular complexity index is 747. The van der Waals surface area contributed by atoms with Crippen LogP contribution < -0.4 is 5.73 Å². The predicted molar refractivity (Wildman–Crippen MR) is 72.4 cm³/mol. The first kappa shape index (κ1) is 13.3. The topological polar surface area (TPSA) is 102 Å². The average molecular weight is 278 g/mol. The third-order valence-electron chi connectivity index (χ3n) is 2.75. The summed E-state index contributed by atoms with van der Waals surface area (Å²) >= 11 is 0. The number of nitrogen functional groups attached to an aromatic ring is 1. The molecule has 0 aliphatic rings. The van der Waals surface area contributed by atoms with Crippen molar-refractivity contribution in [3.05, 3.63) is 41.7 Å². The number of aryl methyl sites for hydroxylation is 1. The van der Waals surface area contributed by atoms with E-state index in [1.165, 1.54) is 17.1 Å². The number of nitrogens with one attached hydrogen (secondary N) is 1. The maximum absolute atomic E-state index is 11.4. The normalized spacial score (nSPS) is 11.5. The molecular weight excluding hydrogens is 264 g/mol. The smallest absolute Gasteiger partial charge is 0.178 e. The predicted octanol–water partition coefficient (Wildman–Crippen LogP) is 0.868. The van der Waals surface area contributed by atoms with Gasteiger partial charge in [-0.05, 0) is 30.7 Å². The summed E-state index contributed by atoms with van der Waals surface area (Å²) in [4.78, 5) is 0.167. The van der Waals surface area contributed by atoms with Gasteiger partial charge >= 0.3 is 0 Å². The van der Waals surface area contributed by atoms with Crippen LogP contribution in [-0.2, 0) is 9.84 Å². The molecule has 2 aromatic rings. The molecule has 0 radical (unpaired) electrons. The molecule has 0 unspecified atom stereocenters. The molecule has 0 bridgehead atoms. The highest BCUT2D eigenvalue weighted by molar-refractivity contribution is 7.90. The summed E-state index contributed by atoms with van der Waals surface area (Å²) in [5.41, 5.74) is 7.65. The number of hydrogen-bond acceptors (Lipinski definition) is 4. The second kappa shape index (κ2) is 4.51. The zero-order chi connectivity index (χ0) is 14.2. The summed E-state index contributed by atoms with van der Waals surface area (Å²) in [6, 6.07) is 5.26. The highest BCUT2D eigenvalue weighted by atomic mass is 32.2. The zero-order valence-electron chi connectivity index (χ0n) is 10.6. The van der Waals surface area contributed by atoms with Crippen molar-refractivity contribution in [2.45, 2.75) is 11.8 Å². The van der Waals surface area contributed by atoms with Crippen LogP contribution in [0.4, 0.5) is 0 Å². The molecule has 0 saturated heterocycles. The Morgan fingerprint density at radius 1 is 1.42 bits per heavy atom. The molecule has 0 aliphatic heterocycles. The van der Waals surface area contributed by atoms with E-state index in [2.05, 4.69) is 5.10 Å². The molecule has 3 N–H and O–H groups in total. The second-order valence-electron chi connectivity index (χ2n) is 4.31. The molecular formula is C12H14N4O2S. The average Bonchev–Trinajstić information content (AvgIpc) is 2.76. The molecule has 100 valence electrons. The fourth-order valence-corrected chi connectivity index (χ4v) is 2.26. The lowest BCUT2D eigenvalue weighted by molar-refractivity contribution is 0.602. The molecule has 0 saturated carbocycles. The van der Waals surface area contributed by atoms with Gasteiger partial charge in [-0.3, -0.25) is 5.41 Å². The standard InChI is InChI=1S/C12H14N4O2S/c1-8-5-9(3-4-11(8)12(13)14)16-7-10(6-15-16)19(2,17)18/h3-7H,1-2H3,(H3,13,14). The monoisotopic (exact) mass is 278 g/mol. The fraction of sp³-hybridized carbons (Fsp3) is 0.167. The molecule has 1 aromatic heterocycles. The van der Waals surface area contributed by atoms with Gasteiger partial charge in [0.05, 0.1) is 11.9 Å². The lowest BCUT2D eigenvalue weighted by Crippen LogP contribution is -2.13. The van der Waals surface area contributed by atoms with Crippen molar-refractivity contribution < 1.29 is 8.42 Å². The lowest BCUT2D eigenvalue weighted by Gasteiger charge is -2.07. The van der Waals surface area contributed by atoms with Gasteiger partial charge in [0.1, 0.15) is 10.7 Å². The highest BCUT2D eigenvalue weighted by Crippen LogP contribution is 2.16. The Balaban J connectivity index is 2.46. The first-order chi connectivity index (χ1) is 8.79. The minimum Gasteiger partial charge on any atom is -0.384 e. The van der Waals surface area contributed by atoms with E-state index in [9.17, 15) is 8.42 Å². The van der Waals surface area contributed by atoms with Gasteiger partial charge in [-0.2, -0.15) is 5.10 Å². The Morgan fingerprint density at radius 2 is 2.11 bits per heavy atom. The Hall–Kier alpha value is -2.15. The van der Waals surface area contributed by atoms with Crippen molar-refractivity contribution in [1.29, 1.82) is 5.41 Å². The minimum absolute atomic E-state index is 0.00124. The van der Waals surface area contributed by atoms with Gasteiger partial charge in [-0.15, -0.1) is 0 Å². The van der Waals surface area contributed by atoms with Crippen LogP contribution in [-0.4, -0.2) is 30.3 Å². The van der Waals surface area contributed by atoms with Crippen LogP contribution in [0.2, 0.25) is 0 Å². The van der Waals surface area contributed by atoms with Gasteiger partial charge in [0.2, 0.25) is 0 Å². The van der Waals surface area contributed by atoms with Crippen molar-refractivity contribution in [1.82, 2.24) is 9.78 Å². The van der Waals surface area contributed by atoms with Crippen LogP contribution in [0.25, 0.3) is 5.69 Å². The van der Waals surface area contributed by atoms with Crippen molar-refractivity contribution in [2.75, 3.05) is 6.26 Å². The number of amidine groups is 1. The first-order valence-electron chi connectivity index (χ1n) is 5.49. The van der Waals surface area contributed by atoms with E-state index in [-0.39, 0.29) is 10.7 Å². The number of aromatic nitrogens is 2. The first-order valence-corrected chi connectivity index (χ1v) is 7.38. The molecule has 6 nitrogen and oxygen atoms in total. The Kier molecular flexibility index (Phi) is 3.15. The molecule has 0 atom stereocenters. The molecule has 0 fully saturated rings. The van der Waals surface area contributed by atoms with Crippen molar-refractivity contribution in [3.63, 3.8) is 0 Å². The van der Waals surface area contributed by atoms with E-state index >= 15 is 0 Å². The zero-order valence-corrected chi connectivity index (χ0v) is 11.4. The molecule has 0 amide bonds. The van der Waals surface area contributed by atoms with E-state index in [1.54, 1.807) is 18.2 Å². The molecule has 1 aromatic carbocycles. The number of sulfone groups is 1. The Morgan fingerprint density at radius 3 is 2.58 bits per heavy atom. The number of hydrogen-bond donors (Lipinski definition) is 2. The molecule has 19 heavy (non-hydrogen) atoms. The van der Waals surface area contributed by atoms with Gasteiger partial charge in [-0.1, -0.05) is 0 Å². The third-order valence-corrected chi connectivity index (χ3v) is 3.82. The Labute approximate surface area is 111 Å². The quantitative estimate of drug-likeness (QED) is 0.642. The minimum atomic E-state index is -3.26. The molecule has 1 heterocycles. The number of nitrogens with zero attached hydrogens (tertiary/aromatic N) is 2. The SMILES string of the molecule is Cc1cc(-n2cc(S(C)(=O)=O)cn2)ccc1C(=N)N. The summed E-state index contributed by atoms with van der Waals surface area (Å²) in [6.45, 7) is 1.83. The van der Waals surface area contributed by atoms with Crippen LogP contribution in [0.3, 0.4) is 0 Å². The van der Waals surface area contributed by atoms with Gasteiger partial charge in [0.15, 0.2) is 9.84 Å². The van der Waals surface area contributed by atoms with Crippen molar-refractivity contribution in [3.8, 4) is 5.69 Å². The third kappa shape index (κ3) is 2.65. The van der Waals surface area contributed by atoms with Crippen LogP contribution in [0.1, 0.15) is 11.1 Å². The molecule has 0 aliphatic carbocycles. The summed E-state index contributed by atoms with van der Waals surface area (Å²) in [5, 5.41) is 11.4. The van der Waals surface area contributed by atoms with E-state index in [0.29, 0.717) is 5.56 Å². The number of nitrogens with two attached hydrogens (primary N) is 1.